The Bertz CT molecular complexity index is 448. The third-order valence-electron chi connectivity index (χ3n) is 3.26. The van der Waals surface area contributed by atoms with Gasteiger partial charge < -0.3 is 20.5 Å². The van der Waals surface area contributed by atoms with Crippen LogP contribution in [-0.2, 0) is 9.53 Å². The summed E-state index contributed by atoms with van der Waals surface area (Å²) in [6.45, 7) is 2.78. The summed E-state index contributed by atoms with van der Waals surface area (Å²) in [6, 6.07) is 5.14. The van der Waals surface area contributed by atoms with Gasteiger partial charge in [0.05, 0.1) is 19.1 Å². The van der Waals surface area contributed by atoms with Gasteiger partial charge in [-0.3, -0.25) is 4.79 Å². The van der Waals surface area contributed by atoms with E-state index in [2.05, 4.69) is 10.6 Å². The van der Waals surface area contributed by atoms with Crippen LogP contribution in [0.25, 0.3) is 0 Å². The number of aryl methyl sites for hydroxylation is 1. The third-order valence-corrected chi connectivity index (χ3v) is 3.26. The largest absolute Gasteiger partial charge is 0.508 e. The van der Waals surface area contributed by atoms with Gasteiger partial charge in [-0.15, -0.1) is 0 Å². The van der Waals surface area contributed by atoms with E-state index in [9.17, 15) is 9.90 Å². The zero-order chi connectivity index (χ0) is 13.1. The molecule has 0 aliphatic carbocycles. The first-order valence-corrected chi connectivity index (χ1v) is 5.97. The van der Waals surface area contributed by atoms with Gasteiger partial charge >= 0.3 is 0 Å². The number of hydrogen-bond acceptors (Lipinski definition) is 4. The van der Waals surface area contributed by atoms with Gasteiger partial charge in [-0.2, -0.15) is 0 Å². The van der Waals surface area contributed by atoms with E-state index < -0.39 is 0 Å². The van der Waals surface area contributed by atoms with Crippen LogP contribution in [0.2, 0.25) is 0 Å². The molecule has 0 spiro atoms. The Morgan fingerprint density at radius 3 is 2.89 bits per heavy atom. The Kier molecular flexibility index (Phi) is 3.84. The number of likely N-dealkylation sites (N-methyl/N-ethyl adjacent to an activating group) is 1. The van der Waals surface area contributed by atoms with Crippen LogP contribution < -0.4 is 10.6 Å². The Labute approximate surface area is 106 Å². The van der Waals surface area contributed by atoms with Crippen LogP contribution in [0.5, 0.6) is 5.75 Å². The number of anilines is 1. The summed E-state index contributed by atoms with van der Waals surface area (Å²) in [6.07, 6.45) is 0. The number of aromatic hydroxyl groups is 1. The Morgan fingerprint density at radius 2 is 2.22 bits per heavy atom. The van der Waals surface area contributed by atoms with Gasteiger partial charge in [0.1, 0.15) is 5.75 Å². The van der Waals surface area contributed by atoms with Crippen molar-refractivity contribution in [1.29, 1.82) is 0 Å². The zero-order valence-corrected chi connectivity index (χ0v) is 10.6. The molecule has 1 saturated heterocycles. The minimum absolute atomic E-state index is 0.0454. The first kappa shape index (κ1) is 12.9. The molecule has 5 heteroatoms. The molecule has 0 saturated carbocycles. The Morgan fingerprint density at radius 1 is 1.44 bits per heavy atom. The SMILES string of the molecule is CNC1COCC1C(=O)Nc1ccc(C)c(O)c1. The lowest BCUT2D eigenvalue weighted by molar-refractivity contribution is -0.120. The number of rotatable bonds is 3. The average molecular weight is 250 g/mol. The van der Waals surface area contributed by atoms with Crippen molar-refractivity contribution in [2.75, 3.05) is 25.6 Å². The minimum Gasteiger partial charge on any atom is -0.508 e. The molecule has 0 bridgehead atoms. The molecule has 2 rings (SSSR count). The number of phenolic OH excluding ortho intramolecular Hbond substituents is 1. The van der Waals surface area contributed by atoms with Crippen LogP contribution in [0.15, 0.2) is 18.2 Å². The quantitative estimate of drug-likeness (QED) is 0.744. The number of nitrogens with one attached hydrogen (secondary N) is 2. The lowest BCUT2D eigenvalue weighted by atomic mass is 10.0. The van der Waals surface area contributed by atoms with Crippen LogP contribution in [0.1, 0.15) is 5.56 Å². The molecule has 2 unspecified atom stereocenters. The number of carbonyl (C=O) groups excluding carboxylic acids is 1. The molecule has 1 aliphatic heterocycles. The fraction of sp³-hybridized carbons (Fsp3) is 0.462. The maximum absolute atomic E-state index is 12.1. The first-order chi connectivity index (χ1) is 8.61. The van der Waals surface area contributed by atoms with E-state index in [-0.39, 0.29) is 23.6 Å². The maximum Gasteiger partial charge on any atom is 0.231 e. The molecular weight excluding hydrogens is 232 g/mol. The van der Waals surface area contributed by atoms with Crippen molar-refractivity contribution in [2.24, 2.45) is 5.92 Å². The van der Waals surface area contributed by atoms with Crippen molar-refractivity contribution in [2.45, 2.75) is 13.0 Å². The first-order valence-electron chi connectivity index (χ1n) is 5.97. The van der Waals surface area contributed by atoms with Crippen LogP contribution in [0, 0.1) is 12.8 Å². The Hall–Kier alpha value is -1.59. The van der Waals surface area contributed by atoms with E-state index in [1.165, 1.54) is 0 Å². The van der Waals surface area contributed by atoms with Crippen LogP contribution in [0.3, 0.4) is 0 Å². The third kappa shape index (κ3) is 2.63. The topological polar surface area (TPSA) is 70.6 Å². The molecule has 1 heterocycles. The van der Waals surface area contributed by atoms with E-state index >= 15 is 0 Å². The zero-order valence-electron chi connectivity index (χ0n) is 10.6. The van der Waals surface area contributed by atoms with Crippen LogP contribution in [0.4, 0.5) is 5.69 Å². The molecule has 1 aromatic carbocycles. The van der Waals surface area contributed by atoms with E-state index in [0.717, 1.165) is 5.56 Å². The molecule has 1 aromatic rings. The number of amides is 1. The van der Waals surface area contributed by atoms with Gasteiger partial charge in [0.2, 0.25) is 5.91 Å². The highest BCUT2D eigenvalue weighted by Crippen LogP contribution is 2.22. The van der Waals surface area contributed by atoms with Crippen molar-refractivity contribution in [3.05, 3.63) is 23.8 Å². The summed E-state index contributed by atoms with van der Waals surface area (Å²) in [5.41, 5.74) is 1.38. The molecule has 1 aliphatic rings. The normalized spacial score (nSPS) is 23.0. The smallest absolute Gasteiger partial charge is 0.231 e. The molecule has 0 aromatic heterocycles. The summed E-state index contributed by atoms with van der Waals surface area (Å²) >= 11 is 0. The number of carbonyl (C=O) groups is 1. The summed E-state index contributed by atoms with van der Waals surface area (Å²) < 4.78 is 5.29. The van der Waals surface area contributed by atoms with Gasteiger partial charge in [0, 0.05) is 17.8 Å². The predicted octanol–water partition coefficient (Wildman–Crippen LogP) is 0.874. The second kappa shape index (κ2) is 5.37. The number of benzene rings is 1. The lowest BCUT2D eigenvalue weighted by Crippen LogP contribution is -2.39. The van der Waals surface area contributed by atoms with Gasteiger partial charge in [-0.25, -0.2) is 0 Å². The highest BCUT2D eigenvalue weighted by molar-refractivity contribution is 5.93. The second-order valence-corrected chi connectivity index (χ2v) is 4.53. The average Bonchev–Trinajstić information content (AvgIpc) is 2.82. The number of hydrogen-bond donors (Lipinski definition) is 3. The van der Waals surface area contributed by atoms with Gasteiger partial charge in [-0.1, -0.05) is 6.07 Å². The number of phenols is 1. The van der Waals surface area contributed by atoms with E-state index in [1.54, 1.807) is 18.2 Å². The van der Waals surface area contributed by atoms with E-state index in [0.29, 0.717) is 18.9 Å². The molecule has 1 amide bonds. The summed E-state index contributed by atoms with van der Waals surface area (Å²) in [7, 11) is 1.82. The molecule has 5 nitrogen and oxygen atoms in total. The Balaban J connectivity index is 2.04. The van der Waals surface area contributed by atoms with Crippen molar-refractivity contribution in [3.8, 4) is 5.75 Å². The van der Waals surface area contributed by atoms with Crippen molar-refractivity contribution >= 4 is 11.6 Å². The van der Waals surface area contributed by atoms with Crippen LogP contribution >= 0.6 is 0 Å². The molecule has 2 atom stereocenters. The summed E-state index contributed by atoms with van der Waals surface area (Å²) in [4.78, 5) is 12.1. The number of ether oxygens (including phenoxy) is 1. The van der Waals surface area contributed by atoms with E-state index in [4.69, 9.17) is 4.74 Å². The fourth-order valence-electron chi connectivity index (χ4n) is 2.02. The van der Waals surface area contributed by atoms with Crippen molar-refractivity contribution in [1.82, 2.24) is 5.32 Å². The highest BCUT2D eigenvalue weighted by Gasteiger charge is 2.32. The molecule has 0 radical (unpaired) electrons. The standard InChI is InChI=1S/C13H18N2O3/c1-8-3-4-9(5-12(8)16)15-13(17)10-6-18-7-11(10)14-2/h3-5,10-11,14,16H,6-7H2,1-2H3,(H,15,17). The summed E-state index contributed by atoms with van der Waals surface area (Å²) in [5, 5.41) is 15.5. The highest BCUT2D eigenvalue weighted by atomic mass is 16.5. The lowest BCUT2D eigenvalue weighted by Gasteiger charge is -2.16. The van der Waals surface area contributed by atoms with Gasteiger partial charge in [0.15, 0.2) is 0 Å². The monoisotopic (exact) mass is 250 g/mol. The molecule has 98 valence electrons. The molecule has 1 fully saturated rings. The van der Waals surface area contributed by atoms with Crippen molar-refractivity contribution in [3.63, 3.8) is 0 Å². The van der Waals surface area contributed by atoms with Gasteiger partial charge in [0.25, 0.3) is 0 Å². The summed E-state index contributed by atoms with van der Waals surface area (Å²) in [5.74, 6) is -0.103. The molecular formula is C13H18N2O3. The molecule has 18 heavy (non-hydrogen) atoms. The fourth-order valence-corrected chi connectivity index (χ4v) is 2.02. The minimum atomic E-state index is -0.196. The van der Waals surface area contributed by atoms with Gasteiger partial charge in [-0.05, 0) is 25.6 Å². The van der Waals surface area contributed by atoms with E-state index in [1.807, 2.05) is 14.0 Å². The van der Waals surface area contributed by atoms with Crippen molar-refractivity contribution < 1.29 is 14.6 Å². The predicted molar refractivity (Wildman–Crippen MR) is 68.6 cm³/mol. The van der Waals surface area contributed by atoms with Crippen LogP contribution in [-0.4, -0.2) is 37.3 Å². The second-order valence-electron chi connectivity index (χ2n) is 4.53. The molecule has 3 N–H and O–H groups in total. The maximum atomic E-state index is 12.1.